The summed E-state index contributed by atoms with van der Waals surface area (Å²) in [6.45, 7) is 8.74. The molecule has 0 spiro atoms. The van der Waals surface area contributed by atoms with Crippen LogP contribution in [0, 0.1) is 5.92 Å². The zero-order valence-corrected chi connectivity index (χ0v) is 23.0. The first-order valence-electron chi connectivity index (χ1n) is 12.9. The van der Waals surface area contributed by atoms with Gasteiger partial charge in [-0.2, -0.15) is 4.98 Å². The van der Waals surface area contributed by atoms with E-state index in [0.29, 0.717) is 32.1 Å². The highest BCUT2D eigenvalue weighted by atomic mass is 35.5. The lowest BCUT2D eigenvalue weighted by atomic mass is 10.1. The molecule has 0 radical (unpaired) electrons. The number of likely N-dealkylation sites (tertiary alicyclic amines) is 1. The fourth-order valence-corrected chi connectivity index (χ4v) is 4.84. The van der Waals surface area contributed by atoms with Gasteiger partial charge in [0, 0.05) is 45.5 Å². The Balaban J connectivity index is 0.00000400. The standard InChI is InChI=1S/C26H38N8O3.ClH/c1-26(2,28)23(35)32-12-14-33(15-13-32)24(36)29-22-8-11-34(25(37)30-22)21-5-3-4-19(16-21)6-9-31-10-7-20(17-27)18-31;/h3-5,8,11,16,20H,6-7,9-10,12-15,17-18,27-28H2,1-2H3,(H,29,30,36,37);1H. The summed E-state index contributed by atoms with van der Waals surface area (Å²) in [4.78, 5) is 47.6. The normalized spacial score (nSPS) is 18.3. The lowest BCUT2D eigenvalue weighted by molar-refractivity contribution is -0.137. The summed E-state index contributed by atoms with van der Waals surface area (Å²) in [5, 5.41) is 2.70. The van der Waals surface area contributed by atoms with Crippen LogP contribution in [0.1, 0.15) is 25.8 Å². The average molecular weight is 547 g/mol. The van der Waals surface area contributed by atoms with Crippen molar-refractivity contribution in [1.29, 1.82) is 0 Å². The van der Waals surface area contributed by atoms with Crippen LogP contribution in [0.5, 0.6) is 0 Å². The van der Waals surface area contributed by atoms with Crippen LogP contribution in [0.3, 0.4) is 0 Å². The molecule has 2 saturated heterocycles. The molecule has 1 aromatic heterocycles. The molecule has 0 bridgehead atoms. The van der Waals surface area contributed by atoms with Gasteiger partial charge in [-0.1, -0.05) is 12.1 Å². The Morgan fingerprint density at radius 2 is 1.82 bits per heavy atom. The summed E-state index contributed by atoms with van der Waals surface area (Å²) < 4.78 is 1.47. The zero-order valence-electron chi connectivity index (χ0n) is 22.1. The largest absolute Gasteiger partial charge is 0.354 e. The smallest absolute Gasteiger partial charge is 0.338 e. The van der Waals surface area contributed by atoms with Gasteiger partial charge in [0.05, 0.1) is 11.2 Å². The average Bonchev–Trinajstić information content (AvgIpc) is 3.35. The number of amides is 3. The minimum atomic E-state index is -0.945. The molecule has 4 rings (SSSR count). The molecule has 3 heterocycles. The zero-order chi connectivity index (χ0) is 26.6. The van der Waals surface area contributed by atoms with Gasteiger partial charge in [0.25, 0.3) is 0 Å². The highest BCUT2D eigenvalue weighted by Gasteiger charge is 2.31. The topological polar surface area (TPSA) is 143 Å². The molecule has 1 aromatic carbocycles. The predicted octanol–water partition coefficient (Wildman–Crippen LogP) is 0.891. The fourth-order valence-electron chi connectivity index (χ4n) is 4.84. The highest BCUT2D eigenvalue weighted by Crippen LogP contribution is 2.17. The van der Waals surface area contributed by atoms with Crippen LogP contribution in [-0.4, -0.2) is 94.1 Å². The molecule has 38 heavy (non-hydrogen) atoms. The van der Waals surface area contributed by atoms with E-state index < -0.39 is 11.2 Å². The maximum Gasteiger partial charge on any atom is 0.354 e. The van der Waals surface area contributed by atoms with Gasteiger partial charge in [-0.3, -0.25) is 14.7 Å². The quantitative estimate of drug-likeness (QED) is 0.468. The number of urea groups is 1. The summed E-state index contributed by atoms with van der Waals surface area (Å²) in [6.07, 6.45) is 3.67. The molecular formula is C26H39ClN8O3. The Kier molecular flexibility index (Phi) is 9.88. The number of rotatable bonds is 7. The third-order valence-corrected chi connectivity index (χ3v) is 7.05. The number of anilines is 1. The molecule has 5 N–H and O–H groups in total. The fraction of sp³-hybridized carbons (Fsp3) is 0.538. The number of nitrogens with zero attached hydrogens (tertiary/aromatic N) is 5. The van der Waals surface area contributed by atoms with Gasteiger partial charge in [-0.15, -0.1) is 12.4 Å². The molecule has 2 aromatic rings. The SMILES string of the molecule is CC(C)(N)C(=O)N1CCN(C(=O)Nc2ccn(-c3cccc(CCN4CCC(CN)C4)c3)c(=O)n2)CC1.Cl. The van der Waals surface area contributed by atoms with Crippen molar-refractivity contribution in [3.05, 3.63) is 52.6 Å². The minimum absolute atomic E-state index is 0. The molecule has 2 aliphatic rings. The molecular weight excluding hydrogens is 508 g/mol. The summed E-state index contributed by atoms with van der Waals surface area (Å²) in [6, 6.07) is 9.13. The lowest BCUT2D eigenvalue weighted by Gasteiger charge is -2.37. The van der Waals surface area contributed by atoms with E-state index in [0.717, 1.165) is 50.3 Å². The van der Waals surface area contributed by atoms with Crippen LogP contribution in [0.4, 0.5) is 10.6 Å². The van der Waals surface area contributed by atoms with Crippen molar-refractivity contribution in [3.8, 4) is 5.69 Å². The maximum atomic E-state index is 12.8. The molecule has 2 fully saturated rings. The number of hydrogen-bond acceptors (Lipinski definition) is 7. The van der Waals surface area contributed by atoms with Crippen LogP contribution in [0.15, 0.2) is 41.3 Å². The molecule has 3 amide bonds. The molecule has 12 heteroatoms. The minimum Gasteiger partial charge on any atom is -0.338 e. The first-order chi connectivity index (χ1) is 17.6. The van der Waals surface area contributed by atoms with Gasteiger partial charge in [-0.05, 0) is 69.5 Å². The number of nitrogens with one attached hydrogen (secondary N) is 1. The Morgan fingerprint density at radius 3 is 2.45 bits per heavy atom. The Hall–Kier alpha value is -2.99. The van der Waals surface area contributed by atoms with Gasteiger partial charge < -0.3 is 26.2 Å². The number of carbonyl (C=O) groups excluding carboxylic acids is 2. The number of benzene rings is 1. The van der Waals surface area contributed by atoms with E-state index in [1.807, 2.05) is 18.2 Å². The van der Waals surface area contributed by atoms with Crippen LogP contribution in [0.25, 0.3) is 5.69 Å². The molecule has 1 atom stereocenters. The molecule has 11 nitrogen and oxygen atoms in total. The van der Waals surface area contributed by atoms with Gasteiger partial charge in [0.1, 0.15) is 5.82 Å². The van der Waals surface area contributed by atoms with E-state index in [1.54, 1.807) is 35.9 Å². The lowest BCUT2D eigenvalue weighted by Crippen LogP contribution is -2.58. The number of nitrogens with two attached hydrogens (primary N) is 2. The Labute approximate surface area is 229 Å². The van der Waals surface area contributed by atoms with Gasteiger partial charge >= 0.3 is 11.7 Å². The van der Waals surface area contributed by atoms with Gasteiger partial charge in [0.2, 0.25) is 5.91 Å². The van der Waals surface area contributed by atoms with Crippen molar-refractivity contribution >= 4 is 30.2 Å². The van der Waals surface area contributed by atoms with E-state index in [9.17, 15) is 14.4 Å². The first kappa shape index (κ1) is 29.6. The van der Waals surface area contributed by atoms with Crippen molar-refractivity contribution in [2.24, 2.45) is 17.4 Å². The molecule has 0 aliphatic carbocycles. The summed E-state index contributed by atoms with van der Waals surface area (Å²) in [7, 11) is 0. The molecule has 208 valence electrons. The second-order valence-corrected chi connectivity index (χ2v) is 10.5. The number of aromatic nitrogens is 2. The Bertz CT molecular complexity index is 1170. The van der Waals surface area contributed by atoms with E-state index in [1.165, 1.54) is 4.57 Å². The number of piperazine rings is 1. The van der Waals surface area contributed by atoms with Crippen molar-refractivity contribution in [2.45, 2.75) is 32.2 Å². The van der Waals surface area contributed by atoms with Gasteiger partial charge in [-0.25, -0.2) is 9.59 Å². The first-order valence-corrected chi connectivity index (χ1v) is 12.9. The second-order valence-electron chi connectivity index (χ2n) is 10.5. The van der Waals surface area contributed by atoms with Crippen molar-refractivity contribution in [3.63, 3.8) is 0 Å². The summed E-state index contributed by atoms with van der Waals surface area (Å²) >= 11 is 0. The van der Waals surface area contributed by atoms with E-state index in [4.69, 9.17) is 11.5 Å². The van der Waals surface area contributed by atoms with Crippen LogP contribution in [0.2, 0.25) is 0 Å². The third kappa shape index (κ3) is 7.31. The Morgan fingerprint density at radius 1 is 1.11 bits per heavy atom. The van der Waals surface area contributed by atoms with E-state index in [-0.39, 0.29) is 30.2 Å². The van der Waals surface area contributed by atoms with Crippen LogP contribution < -0.4 is 22.5 Å². The monoisotopic (exact) mass is 546 g/mol. The van der Waals surface area contributed by atoms with Crippen molar-refractivity contribution < 1.29 is 9.59 Å². The van der Waals surface area contributed by atoms with Crippen molar-refractivity contribution in [1.82, 2.24) is 24.3 Å². The predicted molar refractivity (Wildman–Crippen MR) is 150 cm³/mol. The highest BCUT2D eigenvalue weighted by molar-refractivity contribution is 5.89. The van der Waals surface area contributed by atoms with E-state index in [2.05, 4.69) is 21.3 Å². The maximum absolute atomic E-state index is 12.8. The van der Waals surface area contributed by atoms with Crippen LogP contribution in [-0.2, 0) is 11.2 Å². The number of hydrogen-bond donors (Lipinski definition) is 3. The molecule has 1 unspecified atom stereocenters. The number of halogens is 1. The van der Waals surface area contributed by atoms with E-state index >= 15 is 0 Å². The summed E-state index contributed by atoms with van der Waals surface area (Å²) in [5.41, 5.74) is 12.2. The third-order valence-electron chi connectivity index (χ3n) is 7.05. The van der Waals surface area contributed by atoms with Crippen LogP contribution >= 0.6 is 12.4 Å². The number of carbonyl (C=O) groups is 2. The van der Waals surface area contributed by atoms with Crippen molar-refractivity contribution in [2.75, 3.05) is 57.7 Å². The van der Waals surface area contributed by atoms with Gasteiger partial charge in [0.15, 0.2) is 0 Å². The molecule has 2 aliphatic heterocycles. The molecule has 0 saturated carbocycles. The summed E-state index contributed by atoms with van der Waals surface area (Å²) in [5.74, 6) is 0.637. The second kappa shape index (κ2) is 12.7.